The third kappa shape index (κ3) is 7.87. The molecule has 12 aromatic carbocycles. The Morgan fingerprint density at radius 3 is 0.795 bits per heavy atom. The van der Waals surface area contributed by atoms with Crippen LogP contribution in [-0.2, 0) is 21.7 Å². The molecule has 0 N–H and O–H groups in total. The predicted octanol–water partition coefficient (Wildman–Crippen LogP) is 23.5. The molecule has 0 atom stereocenters. The van der Waals surface area contributed by atoms with E-state index in [1.54, 1.807) is 0 Å². The molecule has 0 amide bonds. The maximum absolute atomic E-state index is 2.53. The molecule has 4 aliphatic rings. The Bertz CT molecular complexity index is 4600. The summed E-state index contributed by atoms with van der Waals surface area (Å²) in [6.07, 6.45) is 0. The zero-order valence-electron chi connectivity index (χ0n) is 52.1. The van der Waals surface area contributed by atoms with Crippen LogP contribution in [0.1, 0.15) is 111 Å². The first kappa shape index (κ1) is 53.7. The minimum atomic E-state index is -0.163. The summed E-state index contributed by atoms with van der Waals surface area (Å²) in [5, 5.41) is 0. The molecule has 0 unspecified atom stereocenters. The maximum Gasteiger partial charge on any atom is 0.0540 e. The lowest BCUT2D eigenvalue weighted by Crippen LogP contribution is -2.17. The van der Waals surface area contributed by atoms with Crippen molar-refractivity contribution in [2.24, 2.45) is 0 Å². The smallest absolute Gasteiger partial charge is 0.0540 e. The van der Waals surface area contributed by atoms with E-state index in [4.69, 9.17) is 0 Å². The van der Waals surface area contributed by atoms with Crippen LogP contribution < -0.4 is 9.80 Å². The van der Waals surface area contributed by atoms with Gasteiger partial charge in [0.2, 0.25) is 0 Å². The fraction of sp³-hybridized carbons (Fsp3) is 0.163. The molecule has 0 heterocycles. The summed E-state index contributed by atoms with van der Waals surface area (Å²) in [6, 6.07) is 96.8. The molecule has 0 fully saturated rings. The van der Waals surface area contributed by atoms with Gasteiger partial charge in [-0.1, -0.05) is 237 Å². The molecule has 16 rings (SSSR count). The van der Waals surface area contributed by atoms with Crippen molar-refractivity contribution in [2.75, 3.05) is 9.80 Å². The zero-order chi connectivity index (χ0) is 60.2. The monoisotopic (exact) mass is 1130 g/mol. The fourth-order valence-electron chi connectivity index (χ4n) is 16.2. The zero-order valence-corrected chi connectivity index (χ0v) is 52.1. The third-order valence-corrected chi connectivity index (χ3v) is 20.9. The van der Waals surface area contributed by atoms with Crippen molar-refractivity contribution in [3.63, 3.8) is 0 Å². The van der Waals surface area contributed by atoms with Gasteiger partial charge in [-0.15, -0.1) is 0 Å². The standard InChI is InChI=1S/C86H72N2/c1-53-47-55(37-45-79(53)87(59-39-43-69-65-27-13-19-31-73(65)85(7,8)77(69)51-59)81-33-21-15-23-61(81)57-35-41-67-63-25-11-17-29-71(63)83(3,4)75(67)49-57)56-38-46-80(54(2)48-56)88(60-40-44-70-66-28-14-20-32-74(66)86(9,10)78(70)52-60)82-34-22-16-24-62(82)58-36-42-68-64-26-12-18-30-72(64)84(5,6)76(68)50-58/h11-52H,1-10H3. The predicted molar refractivity (Wildman–Crippen MR) is 372 cm³/mol. The van der Waals surface area contributed by atoms with Crippen molar-refractivity contribution >= 4 is 34.1 Å². The van der Waals surface area contributed by atoms with E-state index in [2.05, 4.69) is 334 Å². The van der Waals surface area contributed by atoms with Gasteiger partial charge in [-0.2, -0.15) is 0 Å². The summed E-state index contributed by atoms with van der Waals surface area (Å²) < 4.78 is 0. The van der Waals surface area contributed by atoms with Crippen LogP contribution in [0.5, 0.6) is 0 Å². The second-order valence-corrected chi connectivity index (χ2v) is 27.4. The van der Waals surface area contributed by atoms with Crippen LogP contribution in [0.2, 0.25) is 0 Å². The molecule has 426 valence electrons. The largest absolute Gasteiger partial charge is 0.310 e. The van der Waals surface area contributed by atoms with Gasteiger partial charge in [0.05, 0.1) is 11.4 Å². The van der Waals surface area contributed by atoms with E-state index in [1.165, 1.54) is 134 Å². The summed E-state index contributed by atoms with van der Waals surface area (Å²) in [7, 11) is 0. The van der Waals surface area contributed by atoms with Gasteiger partial charge in [-0.25, -0.2) is 0 Å². The number of fused-ring (bicyclic) bond motifs is 12. The number of anilines is 6. The highest BCUT2D eigenvalue weighted by molar-refractivity contribution is 5.96. The van der Waals surface area contributed by atoms with Crippen molar-refractivity contribution in [3.8, 4) is 77.9 Å². The van der Waals surface area contributed by atoms with Crippen LogP contribution in [0.15, 0.2) is 255 Å². The molecule has 0 bridgehead atoms. The number of rotatable bonds is 9. The van der Waals surface area contributed by atoms with Crippen LogP contribution in [-0.4, -0.2) is 0 Å². The van der Waals surface area contributed by atoms with Gasteiger partial charge in [0.25, 0.3) is 0 Å². The summed E-state index contributed by atoms with van der Waals surface area (Å²) in [5.41, 5.74) is 37.5. The van der Waals surface area contributed by atoms with Crippen LogP contribution in [0.3, 0.4) is 0 Å². The maximum atomic E-state index is 2.53. The van der Waals surface area contributed by atoms with Crippen LogP contribution in [0, 0.1) is 13.8 Å². The van der Waals surface area contributed by atoms with E-state index < -0.39 is 0 Å². The first-order chi connectivity index (χ1) is 42.5. The lowest BCUT2D eigenvalue weighted by molar-refractivity contribution is 0.660. The fourth-order valence-corrected chi connectivity index (χ4v) is 16.2. The Balaban J connectivity index is 0.818. The van der Waals surface area contributed by atoms with E-state index in [0.29, 0.717) is 0 Å². The van der Waals surface area contributed by atoms with Gasteiger partial charge in [-0.3, -0.25) is 0 Å². The molecular formula is C86H72N2. The second-order valence-electron chi connectivity index (χ2n) is 27.4. The highest BCUT2D eigenvalue weighted by Gasteiger charge is 2.40. The van der Waals surface area contributed by atoms with Crippen molar-refractivity contribution in [1.29, 1.82) is 0 Å². The third-order valence-electron chi connectivity index (χ3n) is 20.9. The van der Waals surface area contributed by atoms with Gasteiger partial charge >= 0.3 is 0 Å². The molecule has 0 aromatic heterocycles. The average Bonchev–Trinajstić information content (AvgIpc) is 1.68. The molecule has 12 aromatic rings. The first-order valence-corrected chi connectivity index (χ1v) is 31.5. The Hall–Kier alpha value is -9.76. The number of aryl methyl sites for hydroxylation is 2. The molecule has 0 saturated carbocycles. The van der Waals surface area contributed by atoms with E-state index >= 15 is 0 Å². The lowest BCUT2D eigenvalue weighted by atomic mass is 9.81. The summed E-state index contributed by atoms with van der Waals surface area (Å²) in [4.78, 5) is 5.06. The number of hydrogen-bond acceptors (Lipinski definition) is 2. The molecule has 88 heavy (non-hydrogen) atoms. The highest BCUT2D eigenvalue weighted by atomic mass is 15.2. The van der Waals surface area contributed by atoms with Crippen LogP contribution in [0.4, 0.5) is 34.1 Å². The quantitative estimate of drug-likeness (QED) is 0.142. The summed E-state index contributed by atoms with van der Waals surface area (Å²) >= 11 is 0. The Kier molecular flexibility index (Phi) is 11.8. The van der Waals surface area contributed by atoms with Crippen molar-refractivity contribution in [3.05, 3.63) is 310 Å². The van der Waals surface area contributed by atoms with Crippen molar-refractivity contribution < 1.29 is 0 Å². The SMILES string of the molecule is Cc1cc(-c2ccc(N(c3ccc4c(c3)C(C)(C)c3ccccc3-4)c3ccccc3-c3ccc4c(c3)C(C)(C)c3ccccc3-4)c(C)c2)ccc1N(c1ccc2c(c1)C(C)(C)c1ccccc1-2)c1ccccc1-c1ccc2c(c1)C(C)(C)c1ccccc1-2. The molecule has 2 nitrogen and oxygen atoms in total. The van der Waals surface area contributed by atoms with Gasteiger partial charge in [0.1, 0.15) is 0 Å². The number of nitrogens with zero attached hydrogens (tertiary/aromatic N) is 2. The van der Waals surface area contributed by atoms with E-state index in [-0.39, 0.29) is 21.7 Å². The van der Waals surface area contributed by atoms with Gasteiger partial charge in [0.15, 0.2) is 0 Å². The summed E-state index contributed by atoms with van der Waals surface area (Å²) in [6.45, 7) is 23.6. The normalized spacial score (nSPS) is 15.1. The van der Waals surface area contributed by atoms with Crippen LogP contribution in [0.25, 0.3) is 77.9 Å². The lowest BCUT2D eigenvalue weighted by Gasteiger charge is -2.32. The number of benzene rings is 12. The van der Waals surface area contributed by atoms with Crippen molar-refractivity contribution in [2.45, 2.75) is 90.9 Å². The van der Waals surface area contributed by atoms with E-state index in [9.17, 15) is 0 Å². The Morgan fingerprint density at radius 1 is 0.205 bits per heavy atom. The molecule has 0 saturated heterocycles. The number of hydrogen-bond donors (Lipinski definition) is 0. The minimum absolute atomic E-state index is 0.122. The first-order valence-electron chi connectivity index (χ1n) is 31.5. The van der Waals surface area contributed by atoms with Gasteiger partial charge in [-0.05, 0) is 209 Å². The molecule has 0 spiro atoms. The Morgan fingerprint density at radius 2 is 0.466 bits per heavy atom. The van der Waals surface area contributed by atoms with Crippen LogP contribution >= 0.6 is 0 Å². The molecular weight excluding hydrogens is 1060 g/mol. The number of para-hydroxylation sites is 2. The molecule has 4 aliphatic carbocycles. The minimum Gasteiger partial charge on any atom is -0.310 e. The highest BCUT2D eigenvalue weighted by Crippen LogP contribution is 2.57. The molecule has 0 aliphatic heterocycles. The molecule has 0 radical (unpaired) electrons. The van der Waals surface area contributed by atoms with E-state index in [0.717, 1.165) is 34.1 Å². The second kappa shape index (κ2) is 19.4. The van der Waals surface area contributed by atoms with Gasteiger partial charge in [0, 0.05) is 55.5 Å². The Labute approximate surface area is 520 Å². The van der Waals surface area contributed by atoms with E-state index in [1.807, 2.05) is 0 Å². The summed E-state index contributed by atoms with van der Waals surface area (Å²) in [5.74, 6) is 0. The topological polar surface area (TPSA) is 6.48 Å². The average molecular weight is 1130 g/mol. The molecule has 2 heteroatoms. The van der Waals surface area contributed by atoms with Gasteiger partial charge < -0.3 is 9.80 Å². The van der Waals surface area contributed by atoms with Crippen molar-refractivity contribution in [1.82, 2.24) is 0 Å².